The van der Waals surface area contributed by atoms with Crippen LogP contribution >= 0.6 is 24.0 Å². The molecule has 0 spiro atoms. The van der Waals surface area contributed by atoms with E-state index in [1.54, 1.807) is 13.1 Å². The van der Waals surface area contributed by atoms with E-state index in [-0.39, 0.29) is 36.3 Å². The summed E-state index contributed by atoms with van der Waals surface area (Å²) in [7, 11) is 3.01. The molecule has 0 bridgehead atoms. The largest absolute Gasteiger partial charge is 0.401 e. The Morgan fingerprint density at radius 1 is 1.20 bits per heavy atom. The van der Waals surface area contributed by atoms with Gasteiger partial charge >= 0.3 is 6.18 Å². The molecule has 0 heterocycles. The number of halogens is 5. The van der Waals surface area contributed by atoms with E-state index in [0.717, 1.165) is 11.1 Å². The second-order valence-electron chi connectivity index (χ2n) is 5.60. The maximum atomic E-state index is 13.0. The number of nitrogens with zero attached hydrogens (tertiary/aromatic N) is 2. The number of guanidine groups is 1. The molecule has 0 unspecified atom stereocenters. The van der Waals surface area contributed by atoms with Crippen LogP contribution in [-0.4, -0.2) is 57.3 Å². The molecule has 0 radical (unpaired) electrons. The summed E-state index contributed by atoms with van der Waals surface area (Å²) in [4.78, 5) is 5.22. The van der Waals surface area contributed by atoms with Crippen molar-refractivity contribution < 1.29 is 17.6 Å². The van der Waals surface area contributed by atoms with Crippen molar-refractivity contribution in [3.05, 3.63) is 35.1 Å². The molecule has 0 aliphatic carbocycles. The lowest BCUT2D eigenvalue weighted by molar-refractivity contribution is -0.142. The number of alkyl halides is 3. The number of benzene rings is 1. The third kappa shape index (κ3) is 10.5. The van der Waals surface area contributed by atoms with Crippen molar-refractivity contribution in [3.63, 3.8) is 0 Å². The lowest BCUT2D eigenvalue weighted by Crippen LogP contribution is -2.43. The van der Waals surface area contributed by atoms with E-state index in [1.807, 2.05) is 6.92 Å². The molecule has 25 heavy (non-hydrogen) atoms. The lowest BCUT2D eigenvalue weighted by Gasteiger charge is -2.19. The fourth-order valence-electron chi connectivity index (χ4n) is 2.23. The molecule has 0 amide bonds. The van der Waals surface area contributed by atoms with Crippen LogP contribution in [-0.2, 0) is 6.42 Å². The van der Waals surface area contributed by atoms with Crippen LogP contribution in [0.5, 0.6) is 0 Å². The highest BCUT2D eigenvalue weighted by Gasteiger charge is 2.28. The number of hydrogen-bond acceptors (Lipinski definition) is 2. The summed E-state index contributed by atoms with van der Waals surface area (Å²) in [5, 5.41) is 6.05. The van der Waals surface area contributed by atoms with Crippen LogP contribution in [0.4, 0.5) is 17.6 Å². The van der Waals surface area contributed by atoms with Gasteiger partial charge in [0.05, 0.1) is 6.54 Å². The Kier molecular flexibility index (Phi) is 11.0. The first-order chi connectivity index (χ1) is 11.2. The molecule has 1 aromatic carbocycles. The van der Waals surface area contributed by atoms with Crippen LogP contribution in [0.15, 0.2) is 23.2 Å². The predicted octanol–water partition coefficient (Wildman–Crippen LogP) is 2.95. The van der Waals surface area contributed by atoms with E-state index in [4.69, 9.17) is 0 Å². The van der Waals surface area contributed by atoms with Crippen LogP contribution in [0, 0.1) is 12.7 Å². The molecule has 4 nitrogen and oxygen atoms in total. The van der Waals surface area contributed by atoms with Gasteiger partial charge in [0.2, 0.25) is 0 Å². The molecule has 0 saturated carbocycles. The standard InChI is InChI=1S/C16H24F4N4.HI/c1-12-10-14(17)5-4-13(12)6-7-22-15(21-2)23-8-9-24(3)11-16(18,19)20;/h4-5,10H,6-9,11H2,1-3H3,(H2,21,22,23);1H. The minimum absolute atomic E-state index is 0. The van der Waals surface area contributed by atoms with Gasteiger partial charge in [0, 0.05) is 26.7 Å². The molecular formula is C16H25F4IN4. The van der Waals surface area contributed by atoms with E-state index < -0.39 is 12.7 Å². The first kappa shape index (κ1) is 23.9. The Bertz CT molecular complexity index is 549. The van der Waals surface area contributed by atoms with Gasteiger partial charge in [-0.3, -0.25) is 9.89 Å². The highest BCUT2D eigenvalue weighted by molar-refractivity contribution is 14.0. The number of aliphatic imine (C=N–C) groups is 1. The highest BCUT2D eigenvalue weighted by Crippen LogP contribution is 2.15. The Morgan fingerprint density at radius 2 is 1.84 bits per heavy atom. The smallest absolute Gasteiger partial charge is 0.356 e. The summed E-state index contributed by atoms with van der Waals surface area (Å²) in [5.74, 6) is 0.264. The van der Waals surface area contributed by atoms with E-state index in [1.165, 1.54) is 24.1 Å². The fraction of sp³-hybridized carbons (Fsp3) is 0.562. The summed E-state index contributed by atoms with van der Waals surface area (Å²) in [6.07, 6.45) is -3.50. The number of likely N-dealkylation sites (N-methyl/N-ethyl adjacent to an activating group) is 1. The van der Waals surface area contributed by atoms with Gasteiger partial charge < -0.3 is 10.6 Å². The molecule has 0 aromatic heterocycles. The Hall–Kier alpha value is -1.10. The third-order valence-corrected chi connectivity index (χ3v) is 3.45. The summed E-state index contributed by atoms with van der Waals surface area (Å²) >= 11 is 0. The second kappa shape index (κ2) is 11.5. The van der Waals surface area contributed by atoms with Gasteiger partial charge in [0.1, 0.15) is 5.82 Å². The van der Waals surface area contributed by atoms with Crippen molar-refractivity contribution in [2.45, 2.75) is 19.5 Å². The number of hydrogen-bond donors (Lipinski definition) is 2. The Balaban J connectivity index is 0.00000576. The van der Waals surface area contributed by atoms with E-state index in [0.29, 0.717) is 25.5 Å². The van der Waals surface area contributed by atoms with Gasteiger partial charge in [-0.1, -0.05) is 6.07 Å². The summed E-state index contributed by atoms with van der Waals surface area (Å²) in [6.45, 7) is 2.09. The summed E-state index contributed by atoms with van der Waals surface area (Å²) < 4.78 is 49.7. The first-order valence-electron chi connectivity index (χ1n) is 7.66. The molecular weight excluding hydrogens is 451 g/mol. The maximum Gasteiger partial charge on any atom is 0.401 e. The Morgan fingerprint density at radius 3 is 2.40 bits per heavy atom. The minimum Gasteiger partial charge on any atom is -0.356 e. The molecule has 0 saturated heterocycles. The van der Waals surface area contributed by atoms with Crippen LogP contribution < -0.4 is 10.6 Å². The molecule has 1 aromatic rings. The molecule has 0 aliphatic rings. The van der Waals surface area contributed by atoms with Crippen molar-refractivity contribution in [3.8, 4) is 0 Å². The maximum absolute atomic E-state index is 13.0. The van der Waals surface area contributed by atoms with E-state index in [9.17, 15) is 17.6 Å². The van der Waals surface area contributed by atoms with Crippen molar-refractivity contribution in [2.24, 2.45) is 4.99 Å². The fourth-order valence-corrected chi connectivity index (χ4v) is 2.23. The lowest BCUT2D eigenvalue weighted by atomic mass is 10.1. The molecule has 2 N–H and O–H groups in total. The van der Waals surface area contributed by atoms with Crippen LogP contribution in [0.2, 0.25) is 0 Å². The number of aryl methyl sites for hydroxylation is 1. The average Bonchev–Trinajstić information content (AvgIpc) is 2.45. The van der Waals surface area contributed by atoms with Gasteiger partial charge in [-0.05, 0) is 43.7 Å². The van der Waals surface area contributed by atoms with E-state index in [2.05, 4.69) is 15.6 Å². The average molecular weight is 476 g/mol. The topological polar surface area (TPSA) is 39.7 Å². The van der Waals surface area contributed by atoms with Gasteiger partial charge in [-0.2, -0.15) is 13.2 Å². The minimum atomic E-state index is -4.19. The molecule has 1 rings (SSSR count). The van der Waals surface area contributed by atoms with Gasteiger partial charge in [-0.15, -0.1) is 24.0 Å². The third-order valence-electron chi connectivity index (χ3n) is 3.45. The molecule has 144 valence electrons. The molecule has 0 fully saturated rings. The quantitative estimate of drug-likeness (QED) is 0.275. The SMILES string of the molecule is CN=C(NCCc1ccc(F)cc1C)NCCN(C)CC(F)(F)F.I. The van der Waals surface area contributed by atoms with Crippen molar-refractivity contribution in [1.82, 2.24) is 15.5 Å². The normalized spacial score (nSPS) is 12.1. The predicted molar refractivity (Wildman–Crippen MR) is 103 cm³/mol. The van der Waals surface area contributed by atoms with Gasteiger partial charge in [-0.25, -0.2) is 4.39 Å². The number of nitrogens with one attached hydrogen (secondary N) is 2. The van der Waals surface area contributed by atoms with Crippen molar-refractivity contribution in [1.29, 1.82) is 0 Å². The van der Waals surface area contributed by atoms with Crippen LogP contribution in [0.3, 0.4) is 0 Å². The molecule has 0 aliphatic heterocycles. The van der Waals surface area contributed by atoms with Crippen LogP contribution in [0.25, 0.3) is 0 Å². The van der Waals surface area contributed by atoms with Crippen LogP contribution in [0.1, 0.15) is 11.1 Å². The zero-order valence-electron chi connectivity index (χ0n) is 14.6. The summed E-state index contributed by atoms with van der Waals surface area (Å²) in [6, 6.07) is 4.65. The monoisotopic (exact) mass is 476 g/mol. The van der Waals surface area contributed by atoms with Gasteiger partial charge in [0.25, 0.3) is 0 Å². The molecule has 9 heteroatoms. The number of rotatable bonds is 7. The summed E-state index contributed by atoms with van der Waals surface area (Å²) in [5.41, 5.74) is 1.91. The highest BCUT2D eigenvalue weighted by atomic mass is 127. The molecule has 0 atom stereocenters. The zero-order valence-corrected chi connectivity index (χ0v) is 16.9. The van der Waals surface area contributed by atoms with E-state index >= 15 is 0 Å². The first-order valence-corrected chi connectivity index (χ1v) is 7.66. The van der Waals surface area contributed by atoms with Crippen molar-refractivity contribution in [2.75, 3.05) is 40.3 Å². The zero-order chi connectivity index (χ0) is 18.2. The Labute approximate surface area is 163 Å². The van der Waals surface area contributed by atoms with Gasteiger partial charge in [0.15, 0.2) is 5.96 Å². The van der Waals surface area contributed by atoms with Crippen molar-refractivity contribution >= 4 is 29.9 Å². The second-order valence-corrected chi connectivity index (χ2v) is 5.60.